The van der Waals surface area contributed by atoms with Gasteiger partial charge in [0, 0.05) is 31.6 Å². The number of halogens is 1. The fraction of sp³-hybridized carbons (Fsp3) is 0.538. The SMILES string of the molecule is Cc1c(OCCCCN(C)C)ccc(C(C)N2CC(CNC(=O)c3cccc(F)n3)C2)c1C. The number of benzene rings is 1. The molecule has 2 aromatic rings. The van der Waals surface area contributed by atoms with Gasteiger partial charge in [-0.1, -0.05) is 12.1 Å². The Morgan fingerprint density at radius 1 is 1.21 bits per heavy atom. The number of carbonyl (C=O) groups excluding carboxylic acids is 1. The van der Waals surface area contributed by atoms with E-state index in [1.165, 1.54) is 34.9 Å². The summed E-state index contributed by atoms with van der Waals surface area (Å²) in [7, 11) is 4.18. The first-order valence-corrected chi connectivity index (χ1v) is 11.8. The zero-order valence-electron chi connectivity index (χ0n) is 20.5. The molecule has 0 bridgehead atoms. The highest BCUT2D eigenvalue weighted by Gasteiger charge is 2.32. The van der Waals surface area contributed by atoms with Crippen molar-refractivity contribution in [1.29, 1.82) is 0 Å². The fourth-order valence-electron chi connectivity index (χ4n) is 4.25. The maximum Gasteiger partial charge on any atom is 0.270 e. The molecule has 1 aliphatic rings. The second kappa shape index (κ2) is 11.6. The summed E-state index contributed by atoms with van der Waals surface area (Å²) < 4.78 is 19.3. The molecule has 0 aliphatic carbocycles. The largest absolute Gasteiger partial charge is 0.493 e. The molecule has 2 heterocycles. The number of amides is 1. The van der Waals surface area contributed by atoms with Gasteiger partial charge in [0.05, 0.1) is 6.61 Å². The third-order valence-corrected chi connectivity index (χ3v) is 6.52. The van der Waals surface area contributed by atoms with Gasteiger partial charge in [0.2, 0.25) is 5.95 Å². The van der Waals surface area contributed by atoms with Crippen molar-refractivity contribution in [2.24, 2.45) is 5.92 Å². The fourth-order valence-corrected chi connectivity index (χ4v) is 4.25. The lowest BCUT2D eigenvalue weighted by Gasteiger charge is -2.44. The monoisotopic (exact) mass is 456 g/mol. The molecule has 0 radical (unpaired) electrons. The summed E-state index contributed by atoms with van der Waals surface area (Å²) in [4.78, 5) is 20.4. The molecule has 1 atom stereocenters. The number of hydrogen-bond donors (Lipinski definition) is 1. The van der Waals surface area contributed by atoms with E-state index in [1.807, 2.05) is 0 Å². The highest BCUT2D eigenvalue weighted by molar-refractivity contribution is 5.92. The Morgan fingerprint density at radius 3 is 2.67 bits per heavy atom. The summed E-state index contributed by atoms with van der Waals surface area (Å²) in [5.74, 6) is 0.391. The van der Waals surface area contributed by atoms with Gasteiger partial charge in [0.15, 0.2) is 0 Å². The van der Waals surface area contributed by atoms with Gasteiger partial charge in [-0.2, -0.15) is 4.39 Å². The third-order valence-electron chi connectivity index (χ3n) is 6.52. The topological polar surface area (TPSA) is 57.7 Å². The van der Waals surface area contributed by atoms with Gasteiger partial charge in [-0.15, -0.1) is 0 Å². The smallest absolute Gasteiger partial charge is 0.270 e. The molecule has 1 fully saturated rings. The molecule has 7 heteroatoms. The van der Waals surface area contributed by atoms with E-state index in [4.69, 9.17) is 4.74 Å². The second-order valence-corrected chi connectivity index (χ2v) is 9.31. The minimum absolute atomic E-state index is 0.116. The van der Waals surface area contributed by atoms with Crippen molar-refractivity contribution in [2.75, 3.05) is 46.9 Å². The van der Waals surface area contributed by atoms with E-state index in [-0.39, 0.29) is 11.6 Å². The molecule has 1 N–H and O–H groups in total. The van der Waals surface area contributed by atoms with E-state index in [0.29, 0.717) is 18.5 Å². The Kier molecular flexibility index (Phi) is 8.80. The van der Waals surface area contributed by atoms with E-state index in [2.05, 4.69) is 67.1 Å². The van der Waals surface area contributed by atoms with Crippen LogP contribution in [0.4, 0.5) is 4.39 Å². The molecule has 180 valence electrons. The van der Waals surface area contributed by atoms with E-state index >= 15 is 0 Å². The molecule has 3 rings (SSSR count). The number of nitrogens with zero attached hydrogens (tertiary/aromatic N) is 3. The number of hydrogen-bond acceptors (Lipinski definition) is 5. The summed E-state index contributed by atoms with van der Waals surface area (Å²) >= 11 is 0. The van der Waals surface area contributed by atoms with Gasteiger partial charge in [0.1, 0.15) is 11.4 Å². The molecule has 6 nitrogen and oxygen atoms in total. The van der Waals surface area contributed by atoms with Crippen LogP contribution in [0.2, 0.25) is 0 Å². The molecule has 33 heavy (non-hydrogen) atoms. The number of nitrogens with one attached hydrogen (secondary N) is 1. The standard InChI is InChI=1S/C26H37FN4O2/c1-18-19(2)24(33-14-7-6-13-30(4)5)12-11-22(18)20(3)31-16-21(17-31)15-28-26(32)23-9-8-10-25(27)29-23/h8-12,20-21H,6-7,13-17H2,1-5H3,(H,28,32). The maximum atomic E-state index is 13.2. The number of ether oxygens (including phenoxy) is 1. The van der Waals surface area contributed by atoms with Crippen molar-refractivity contribution in [3.63, 3.8) is 0 Å². The van der Waals surface area contributed by atoms with E-state index < -0.39 is 5.95 Å². The summed E-state index contributed by atoms with van der Waals surface area (Å²) in [5, 5.41) is 2.88. The Hall–Kier alpha value is -2.51. The minimum Gasteiger partial charge on any atom is -0.493 e. The van der Waals surface area contributed by atoms with Gasteiger partial charge in [-0.25, -0.2) is 4.98 Å². The normalized spacial score (nSPS) is 15.4. The zero-order chi connectivity index (χ0) is 24.0. The van der Waals surface area contributed by atoms with Crippen LogP contribution < -0.4 is 10.1 Å². The van der Waals surface area contributed by atoms with E-state index in [9.17, 15) is 9.18 Å². The summed E-state index contributed by atoms with van der Waals surface area (Å²) in [6.07, 6.45) is 2.19. The van der Waals surface area contributed by atoms with Gasteiger partial charge in [0.25, 0.3) is 5.91 Å². The quantitative estimate of drug-likeness (QED) is 0.409. The Morgan fingerprint density at radius 2 is 1.97 bits per heavy atom. The molecule has 1 saturated heterocycles. The molecule has 0 saturated carbocycles. The van der Waals surface area contributed by atoms with Crippen LogP contribution in [-0.2, 0) is 0 Å². The second-order valence-electron chi connectivity index (χ2n) is 9.31. The number of carbonyl (C=O) groups is 1. The van der Waals surface area contributed by atoms with Crippen molar-refractivity contribution < 1.29 is 13.9 Å². The van der Waals surface area contributed by atoms with Gasteiger partial charge < -0.3 is 15.0 Å². The van der Waals surface area contributed by atoms with Crippen LogP contribution in [0.3, 0.4) is 0 Å². The number of rotatable bonds is 11. The summed E-state index contributed by atoms with van der Waals surface area (Å²) in [6.45, 7) is 10.8. The molecular weight excluding hydrogens is 419 g/mol. The van der Waals surface area contributed by atoms with Crippen LogP contribution in [0.1, 0.15) is 53.0 Å². The van der Waals surface area contributed by atoms with Crippen molar-refractivity contribution in [1.82, 2.24) is 20.1 Å². The van der Waals surface area contributed by atoms with Gasteiger partial charge in [-0.3, -0.25) is 9.69 Å². The van der Waals surface area contributed by atoms with Crippen LogP contribution in [-0.4, -0.2) is 67.6 Å². The summed E-state index contributed by atoms with van der Waals surface area (Å²) in [5.41, 5.74) is 3.92. The molecule has 1 aliphatic heterocycles. The van der Waals surface area contributed by atoms with E-state index in [1.54, 1.807) is 0 Å². The Balaban J connectivity index is 1.46. The van der Waals surface area contributed by atoms with E-state index in [0.717, 1.165) is 44.8 Å². The highest BCUT2D eigenvalue weighted by Crippen LogP contribution is 2.34. The zero-order valence-corrected chi connectivity index (χ0v) is 20.5. The lowest BCUT2D eigenvalue weighted by atomic mass is 9.91. The van der Waals surface area contributed by atoms with Crippen molar-refractivity contribution in [3.05, 3.63) is 58.7 Å². The average molecular weight is 457 g/mol. The van der Waals surface area contributed by atoms with Crippen LogP contribution in [0, 0.1) is 25.7 Å². The molecular formula is C26H37FN4O2. The van der Waals surface area contributed by atoms with Crippen LogP contribution in [0.25, 0.3) is 0 Å². The minimum atomic E-state index is -0.641. The number of aromatic nitrogens is 1. The maximum absolute atomic E-state index is 13.2. The van der Waals surface area contributed by atoms with Crippen molar-refractivity contribution in [3.8, 4) is 5.75 Å². The number of unbranched alkanes of at least 4 members (excludes halogenated alkanes) is 1. The van der Waals surface area contributed by atoms with Crippen LogP contribution in [0.15, 0.2) is 30.3 Å². The first-order valence-electron chi connectivity index (χ1n) is 11.8. The highest BCUT2D eigenvalue weighted by atomic mass is 19.1. The predicted octanol–water partition coefficient (Wildman–Crippen LogP) is 3.98. The Bertz CT molecular complexity index is 944. The first kappa shape index (κ1) is 25.1. The number of pyridine rings is 1. The first-order chi connectivity index (χ1) is 15.8. The molecule has 1 amide bonds. The number of likely N-dealkylation sites (tertiary alicyclic amines) is 1. The molecule has 0 spiro atoms. The third kappa shape index (κ3) is 6.74. The summed E-state index contributed by atoms with van der Waals surface area (Å²) in [6, 6.07) is 8.84. The molecule has 1 unspecified atom stereocenters. The van der Waals surface area contributed by atoms with Crippen LogP contribution >= 0.6 is 0 Å². The van der Waals surface area contributed by atoms with Crippen LogP contribution in [0.5, 0.6) is 5.75 Å². The molecule has 1 aromatic carbocycles. The van der Waals surface area contributed by atoms with Crippen molar-refractivity contribution in [2.45, 2.75) is 39.7 Å². The van der Waals surface area contributed by atoms with Crippen molar-refractivity contribution >= 4 is 5.91 Å². The predicted molar refractivity (Wildman–Crippen MR) is 129 cm³/mol. The Labute approximate surface area is 197 Å². The van der Waals surface area contributed by atoms with Gasteiger partial charge >= 0.3 is 0 Å². The molecule has 1 aromatic heterocycles. The van der Waals surface area contributed by atoms with Gasteiger partial charge in [-0.05, 0) is 89.1 Å². The lowest BCUT2D eigenvalue weighted by Crippen LogP contribution is -2.52. The lowest BCUT2D eigenvalue weighted by molar-refractivity contribution is 0.0568. The average Bonchev–Trinajstić information content (AvgIpc) is 2.74.